The van der Waals surface area contributed by atoms with E-state index in [1.165, 1.54) is 0 Å². The van der Waals surface area contributed by atoms with Crippen molar-refractivity contribution in [1.29, 1.82) is 0 Å². The van der Waals surface area contributed by atoms with Crippen LogP contribution in [0.5, 0.6) is 5.75 Å². The molecule has 0 saturated carbocycles. The molecule has 88 valence electrons. The molecule has 0 heterocycles. The van der Waals surface area contributed by atoms with Crippen LogP contribution < -0.4 is 5.32 Å². The topological polar surface area (TPSA) is 83.5 Å². The van der Waals surface area contributed by atoms with Gasteiger partial charge in [-0.2, -0.15) is 0 Å². The van der Waals surface area contributed by atoms with Crippen LogP contribution in [0.25, 0.3) is 0 Å². The summed E-state index contributed by atoms with van der Waals surface area (Å²) < 4.78 is 22.1. The minimum absolute atomic E-state index is 0.122. The summed E-state index contributed by atoms with van der Waals surface area (Å²) in [5.41, 5.74) is -0.122. The molecule has 0 saturated heterocycles. The molecule has 1 aromatic carbocycles. The third kappa shape index (κ3) is 2.86. The molecule has 0 unspecified atom stereocenters. The van der Waals surface area contributed by atoms with E-state index in [9.17, 15) is 18.3 Å². The summed E-state index contributed by atoms with van der Waals surface area (Å²) in [5.74, 6) is -0.850. The van der Waals surface area contributed by atoms with Crippen molar-refractivity contribution >= 4 is 25.6 Å². The van der Waals surface area contributed by atoms with Gasteiger partial charge in [0, 0.05) is 17.2 Å². The Balaban J connectivity index is 3.24. The van der Waals surface area contributed by atoms with E-state index in [4.69, 9.17) is 10.7 Å². The van der Waals surface area contributed by atoms with Gasteiger partial charge in [0.05, 0.1) is 10.5 Å². The van der Waals surface area contributed by atoms with Gasteiger partial charge in [-0.05, 0) is 25.1 Å². The number of amides is 1. The highest BCUT2D eigenvalue weighted by molar-refractivity contribution is 8.13. The molecule has 16 heavy (non-hydrogen) atoms. The molecular formula is C9H10ClNO4S. The zero-order valence-electron chi connectivity index (χ0n) is 8.40. The maximum absolute atomic E-state index is 11.4. The molecule has 0 aromatic heterocycles. The van der Waals surface area contributed by atoms with Gasteiger partial charge in [0.1, 0.15) is 5.75 Å². The first kappa shape index (κ1) is 12.8. The number of hydrogen-bond donors (Lipinski definition) is 2. The van der Waals surface area contributed by atoms with Crippen LogP contribution >= 0.6 is 10.7 Å². The molecule has 0 spiro atoms. The lowest BCUT2D eigenvalue weighted by Gasteiger charge is -2.05. The lowest BCUT2D eigenvalue weighted by Crippen LogP contribution is -2.22. The largest absolute Gasteiger partial charge is 0.507 e. The first-order valence-electron chi connectivity index (χ1n) is 4.42. The molecule has 0 atom stereocenters. The lowest BCUT2D eigenvalue weighted by atomic mass is 10.2. The fraction of sp³-hybridized carbons (Fsp3) is 0.222. The van der Waals surface area contributed by atoms with Gasteiger partial charge in [-0.1, -0.05) is 0 Å². The standard InChI is InChI=1S/C9H10ClNO4S/c1-2-11-9(13)7-5-6(16(10,14)15)3-4-8(7)12/h3-5,12H,2H2,1H3,(H,11,13). The molecule has 0 aliphatic rings. The molecule has 0 aliphatic carbocycles. The summed E-state index contributed by atoms with van der Waals surface area (Å²) in [6.45, 7) is 2.08. The molecule has 2 N–H and O–H groups in total. The first-order chi connectivity index (χ1) is 7.36. The SMILES string of the molecule is CCNC(=O)c1cc(S(=O)(=O)Cl)ccc1O. The van der Waals surface area contributed by atoms with Crippen LogP contribution in [0.3, 0.4) is 0 Å². The van der Waals surface area contributed by atoms with Gasteiger partial charge in [-0.3, -0.25) is 4.79 Å². The number of aromatic hydroxyl groups is 1. The average Bonchev–Trinajstić information content (AvgIpc) is 2.16. The molecule has 1 aromatic rings. The van der Waals surface area contributed by atoms with Crippen molar-refractivity contribution in [2.75, 3.05) is 6.54 Å². The zero-order valence-corrected chi connectivity index (χ0v) is 9.97. The molecule has 5 nitrogen and oxygen atoms in total. The van der Waals surface area contributed by atoms with E-state index in [1.807, 2.05) is 0 Å². The number of rotatable bonds is 3. The van der Waals surface area contributed by atoms with Crippen LogP contribution in [0.4, 0.5) is 0 Å². The number of nitrogens with one attached hydrogen (secondary N) is 1. The van der Waals surface area contributed by atoms with Crippen LogP contribution in [0.15, 0.2) is 23.1 Å². The van der Waals surface area contributed by atoms with Crippen LogP contribution in [0.1, 0.15) is 17.3 Å². The van der Waals surface area contributed by atoms with Crippen molar-refractivity contribution in [1.82, 2.24) is 5.32 Å². The molecule has 0 bridgehead atoms. The second-order valence-electron chi connectivity index (χ2n) is 2.98. The fourth-order valence-corrected chi connectivity index (χ4v) is 1.88. The minimum atomic E-state index is -3.91. The molecular weight excluding hydrogens is 254 g/mol. The van der Waals surface area contributed by atoms with Gasteiger partial charge in [-0.25, -0.2) is 8.42 Å². The van der Waals surface area contributed by atoms with Gasteiger partial charge in [0.25, 0.3) is 15.0 Å². The molecule has 0 aliphatic heterocycles. The number of phenols is 1. The number of carbonyl (C=O) groups excluding carboxylic acids is 1. The van der Waals surface area contributed by atoms with E-state index in [-0.39, 0.29) is 16.2 Å². The Hall–Kier alpha value is -1.27. The highest BCUT2D eigenvalue weighted by atomic mass is 35.7. The van der Waals surface area contributed by atoms with Crippen molar-refractivity contribution in [3.63, 3.8) is 0 Å². The molecule has 0 fully saturated rings. The highest BCUT2D eigenvalue weighted by Gasteiger charge is 2.16. The van der Waals surface area contributed by atoms with Crippen LogP contribution in [0, 0.1) is 0 Å². The van der Waals surface area contributed by atoms with Crippen molar-refractivity contribution in [3.8, 4) is 5.75 Å². The van der Waals surface area contributed by atoms with Gasteiger partial charge < -0.3 is 10.4 Å². The highest BCUT2D eigenvalue weighted by Crippen LogP contribution is 2.23. The second-order valence-corrected chi connectivity index (χ2v) is 5.54. The van der Waals surface area contributed by atoms with Gasteiger partial charge in [0.2, 0.25) is 0 Å². The zero-order chi connectivity index (χ0) is 12.3. The van der Waals surface area contributed by atoms with E-state index in [2.05, 4.69) is 5.32 Å². The minimum Gasteiger partial charge on any atom is -0.507 e. The van der Waals surface area contributed by atoms with Gasteiger partial charge in [-0.15, -0.1) is 0 Å². The van der Waals surface area contributed by atoms with E-state index in [1.54, 1.807) is 6.92 Å². The van der Waals surface area contributed by atoms with Crippen molar-refractivity contribution in [2.45, 2.75) is 11.8 Å². The fourth-order valence-electron chi connectivity index (χ4n) is 1.10. The molecule has 7 heteroatoms. The average molecular weight is 264 g/mol. The summed E-state index contributed by atoms with van der Waals surface area (Å²) >= 11 is 0. The van der Waals surface area contributed by atoms with Crippen LogP contribution in [-0.4, -0.2) is 26.0 Å². The number of hydrogen-bond acceptors (Lipinski definition) is 4. The number of phenolic OH excluding ortho intramolecular Hbond substituents is 1. The Kier molecular flexibility index (Phi) is 3.77. The van der Waals surface area contributed by atoms with E-state index >= 15 is 0 Å². The summed E-state index contributed by atoms with van der Waals surface area (Å²) in [7, 11) is 1.21. The summed E-state index contributed by atoms with van der Waals surface area (Å²) in [5, 5.41) is 11.8. The smallest absolute Gasteiger partial charge is 0.261 e. The monoisotopic (exact) mass is 263 g/mol. The Bertz CT molecular complexity index is 512. The van der Waals surface area contributed by atoms with Crippen molar-refractivity contribution < 1.29 is 18.3 Å². The second kappa shape index (κ2) is 4.71. The van der Waals surface area contributed by atoms with Crippen LogP contribution in [-0.2, 0) is 9.05 Å². The van der Waals surface area contributed by atoms with E-state index in [0.717, 1.165) is 18.2 Å². The molecule has 0 radical (unpaired) electrons. The predicted molar refractivity (Wildman–Crippen MR) is 59.2 cm³/mol. The summed E-state index contributed by atoms with van der Waals surface area (Å²) in [6, 6.07) is 3.27. The Labute approximate surface area is 97.5 Å². The Morgan fingerprint density at radius 1 is 1.50 bits per heavy atom. The van der Waals surface area contributed by atoms with E-state index < -0.39 is 15.0 Å². The first-order valence-corrected chi connectivity index (χ1v) is 6.73. The normalized spacial score (nSPS) is 11.1. The third-order valence-corrected chi connectivity index (χ3v) is 3.18. The maximum atomic E-state index is 11.4. The quantitative estimate of drug-likeness (QED) is 0.799. The Morgan fingerprint density at radius 2 is 2.12 bits per heavy atom. The molecule has 1 rings (SSSR count). The Morgan fingerprint density at radius 3 is 2.62 bits per heavy atom. The van der Waals surface area contributed by atoms with Crippen molar-refractivity contribution in [3.05, 3.63) is 23.8 Å². The summed E-state index contributed by atoms with van der Waals surface area (Å²) in [4.78, 5) is 11.2. The molecule has 1 amide bonds. The number of carbonyl (C=O) groups is 1. The lowest BCUT2D eigenvalue weighted by molar-refractivity contribution is 0.0953. The maximum Gasteiger partial charge on any atom is 0.261 e. The van der Waals surface area contributed by atoms with Gasteiger partial charge >= 0.3 is 0 Å². The number of halogens is 1. The van der Waals surface area contributed by atoms with E-state index in [0.29, 0.717) is 6.54 Å². The predicted octanol–water partition coefficient (Wildman–Crippen LogP) is 1.07. The van der Waals surface area contributed by atoms with Gasteiger partial charge in [0.15, 0.2) is 0 Å². The van der Waals surface area contributed by atoms with Crippen molar-refractivity contribution in [2.24, 2.45) is 0 Å². The third-order valence-electron chi connectivity index (χ3n) is 1.83. The number of benzene rings is 1. The summed E-state index contributed by atoms with van der Waals surface area (Å²) in [6.07, 6.45) is 0. The van der Waals surface area contributed by atoms with Crippen LogP contribution in [0.2, 0.25) is 0 Å².